The van der Waals surface area contributed by atoms with Crippen LogP contribution in [0, 0.1) is 0 Å². The van der Waals surface area contributed by atoms with Crippen LogP contribution in [-0.4, -0.2) is 53.8 Å². The molecule has 2 aromatic carbocycles. The number of carbonyl (C=O) groups excluding carboxylic acids is 1. The molecule has 2 fully saturated rings. The van der Waals surface area contributed by atoms with Crippen LogP contribution in [0.15, 0.2) is 42.5 Å². The predicted octanol–water partition coefficient (Wildman–Crippen LogP) is 3.10. The number of rotatable bonds is 5. The van der Waals surface area contributed by atoms with Gasteiger partial charge in [0.15, 0.2) is 6.61 Å². The monoisotopic (exact) mass is 382 g/mol. The molecule has 1 aliphatic heterocycles. The van der Waals surface area contributed by atoms with Gasteiger partial charge in [0, 0.05) is 25.2 Å². The maximum absolute atomic E-state index is 12.3. The second-order valence-corrected chi connectivity index (χ2v) is 8.09. The summed E-state index contributed by atoms with van der Waals surface area (Å²) in [6.45, 7) is 1.93. The van der Waals surface area contributed by atoms with Crippen LogP contribution < -0.4 is 10.1 Å². The highest BCUT2D eigenvalue weighted by molar-refractivity contribution is 5.84. The van der Waals surface area contributed by atoms with Gasteiger partial charge in [-0.2, -0.15) is 0 Å². The van der Waals surface area contributed by atoms with Crippen LogP contribution >= 0.6 is 0 Å². The maximum atomic E-state index is 12.3. The summed E-state index contributed by atoms with van der Waals surface area (Å²) in [5, 5.41) is 15.6. The number of hydrogen-bond donors (Lipinski definition) is 2. The minimum absolute atomic E-state index is 0.0416. The van der Waals surface area contributed by atoms with Crippen molar-refractivity contribution >= 4 is 16.7 Å². The first-order valence-electron chi connectivity index (χ1n) is 10.5. The van der Waals surface area contributed by atoms with Crippen LogP contribution in [0.4, 0.5) is 0 Å². The molecule has 2 aromatic rings. The highest BCUT2D eigenvalue weighted by atomic mass is 16.5. The maximum Gasteiger partial charge on any atom is 0.258 e. The SMILES string of the molecule is O=C(COc1ccc2ccccc2c1)NC1CCN([C@@H]2CCCC[C@@H]2O)CC1. The minimum Gasteiger partial charge on any atom is -0.484 e. The molecular weight excluding hydrogens is 352 g/mol. The molecule has 150 valence electrons. The Labute approximate surface area is 166 Å². The van der Waals surface area contributed by atoms with Gasteiger partial charge in [0.25, 0.3) is 5.91 Å². The first-order chi connectivity index (χ1) is 13.7. The topological polar surface area (TPSA) is 61.8 Å². The molecule has 0 unspecified atom stereocenters. The van der Waals surface area contributed by atoms with Gasteiger partial charge in [-0.1, -0.05) is 43.2 Å². The van der Waals surface area contributed by atoms with E-state index in [1.54, 1.807) is 0 Å². The summed E-state index contributed by atoms with van der Waals surface area (Å²) in [6, 6.07) is 14.5. The van der Waals surface area contributed by atoms with E-state index in [0.717, 1.165) is 61.7 Å². The molecule has 4 rings (SSSR count). The van der Waals surface area contributed by atoms with Gasteiger partial charge in [-0.05, 0) is 48.6 Å². The van der Waals surface area contributed by atoms with E-state index in [2.05, 4.69) is 16.3 Å². The third-order valence-corrected chi connectivity index (χ3v) is 6.15. The fourth-order valence-corrected chi connectivity index (χ4v) is 4.57. The van der Waals surface area contributed by atoms with Gasteiger partial charge in [-0.25, -0.2) is 0 Å². The van der Waals surface area contributed by atoms with E-state index >= 15 is 0 Å². The summed E-state index contributed by atoms with van der Waals surface area (Å²) >= 11 is 0. The first-order valence-corrected chi connectivity index (χ1v) is 10.5. The fraction of sp³-hybridized carbons (Fsp3) is 0.522. The summed E-state index contributed by atoms with van der Waals surface area (Å²) < 4.78 is 5.69. The van der Waals surface area contributed by atoms with Gasteiger partial charge in [0.05, 0.1) is 6.10 Å². The van der Waals surface area contributed by atoms with Crippen molar-refractivity contribution in [2.24, 2.45) is 0 Å². The normalized spacial score (nSPS) is 24.2. The summed E-state index contributed by atoms with van der Waals surface area (Å²) in [5.74, 6) is 0.652. The molecule has 2 N–H and O–H groups in total. The van der Waals surface area contributed by atoms with Gasteiger partial charge in [-0.15, -0.1) is 0 Å². The van der Waals surface area contributed by atoms with E-state index < -0.39 is 0 Å². The second-order valence-electron chi connectivity index (χ2n) is 8.09. The number of fused-ring (bicyclic) bond motifs is 1. The van der Waals surface area contributed by atoms with E-state index in [4.69, 9.17) is 4.74 Å². The molecule has 2 aliphatic rings. The number of aliphatic hydroxyl groups is 1. The molecular formula is C23H30N2O3. The summed E-state index contributed by atoms with van der Waals surface area (Å²) in [7, 11) is 0. The van der Waals surface area contributed by atoms with Crippen LogP contribution in [0.3, 0.4) is 0 Å². The Morgan fingerprint density at radius 2 is 1.79 bits per heavy atom. The number of carbonyl (C=O) groups is 1. The van der Waals surface area contributed by atoms with Crippen molar-refractivity contribution in [3.63, 3.8) is 0 Å². The van der Waals surface area contributed by atoms with Crippen LogP contribution in [0.5, 0.6) is 5.75 Å². The van der Waals surface area contributed by atoms with Crippen LogP contribution in [0.1, 0.15) is 38.5 Å². The van der Waals surface area contributed by atoms with Crippen molar-refractivity contribution in [1.29, 1.82) is 0 Å². The number of piperidine rings is 1. The Hall–Kier alpha value is -2.11. The van der Waals surface area contributed by atoms with E-state index in [0.29, 0.717) is 6.04 Å². The predicted molar refractivity (Wildman–Crippen MR) is 110 cm³/mol. The Kier molecular flexibility index (Phi) is 6.13. The van der Waals surface area contributed by atoms with Crippen molar-refractivity contribution in [2.45, 2.75) is 56.7 Å². The molecule has 5 heteroatoms. The van der Waals surface area contributed by atoms with Crippen molar-refractivity contribution in [2.75, 3.05) is 19.7 Å². The molecule has 1 saturated heterocycles. The molecule has 1 amide bonds. The van der Waals surface area contributed by atoms with Gasteiger partial charge in [0.1, 0.15) is 5.75 Å². The Balaban J connectivity index is 1.22. The molecule has 0 aromatic heterocycles. The first kappa shape index (κ1) is 19.2. The van der Waals surface area contributed by atoms with Crippen molar-refractivity contribution in [3.8, 4) is 5.75 Å². The zero-order chi connectivity index (χ0) is 19.3. The van der Waals surface area contributed by atoms with Crippen molar-refractivity contribution in [1.82, 2.24) is 10.2 Å². The third-order valence-electron chi connectivity index (χ3n) is 6.15. The number of amides is 1. The molecule has 0 spiro atoms. The molecule has 2 atom stereocenters. The second kappa shape index (κ2) is 8.93. The molecule has 5 nitrogen and oxygen atoms in total. The standard InChI is InChI=1S/C23H30N2O3/c26-22-8-4-3-7-21(22)25-13-11-19(12-14-25)24-23(27)16-28-20-10-9-17-5-1-2-6-18(17)15-20/h1-2,5-6,9-10,15,19,21-22,26H,3-4,7-8,11-14,16H2,(H,24,27)/t21-,22+/m1/s1. The zero-order valence-corrected chi connectivity index (χ0v) is 16.3. The number of ether oxygens (including phenoxy) is 1. The Morgan fingerprint density at radius 1 is 1.04 bits per heavy atom. The average Bonchev–Trinajstić information content (AvgIpc) is 2.73. The van der Waals surface area contributed by atoms with Crippen LogP contribution in [-0.2, 0) is 4.79 Å². The van der Waals surface area contributed by atoms with E-state index in [9.17, 15) is 9.90 Å². The smallest absolute Gasteiger partial charge is 0.258 e. The number of hydrogen-bond acceptors (Lipinski definition) is 4. The van der Waals surface area contributed by atoms with Crippen molar-refractivity contribution in [3.05, 3.63) is 42.5 Å². The number of nitrogens with zero attached hydrogens (tertiary/aromatic N) is 1. The van der Waals surface area contributed by atoms with E-state index in [-0.39, 0.29) is 24.7 Å². The number of benzene rings is 2. The Bertz CT molecular complexity index is 801. The largest absolute Gasteiger partial charge is 0.484 e. The summed E-state index contributed by atoms with van der Waals surface area (Å²) in [6.07, 6.45) is 6.06. The average molecular weight is 383 g/mol. The third kappa shape index (κ3) is 4.65. The molecule has 1 aliphatic carbocycles. The highest BCUT2D eigenvalue weighted by Crippen LogP contribution is 2.26. The number of nitrogens with one attached hydrogen (secondary N) is 1. The van der Waals surface area contributed by atoms with Gasteiger partial charge in [0.2, 0.25) is 0 Å². The molecule has 1 heterocycles. The lowest BCUT2D eigenvalue weighted by atomic mass is 9.89. The van der Waals surface area contributed by atoms with Gasteiger partial charge < -0.3 is 15.2 Å². The number of likely N-dealkylation sites (tertiary alicyclic amines) is 1. The molecule has 0 radical (unpaired) electrons. The van der Waals surface area contributed by atoms with Gasteiger partial charge >= 0.3 is 0 Å². The number of aliphatic hydroxyl groups excluding tert-OH is 1. The quantitative estimate of drug-likeness (QED) is 0.834. The van der Waals surface area contributed by atoms with Crippen molar-refractivity contribution < 1.29 is 14.6 Å². The molecule has 28 heavy (non-hydrogen) atoms. The fourth-order valence-electron chi connectivity index (χ4n) is 4.57. The summed E-state index contributed by atoms with van der Waals surface area (Å²) in [4.78, 5) is 14.7. The highest BCUT2D eigenvalue weighted by Gasteiger charge is 2.31. The summed E-state index contributed by atoms with van der Waals surface area (Å²) in [5.41, 5.74) is 0. The molecule has 1 saturated carbocycles. The lowest BCUT2D eigenvalue weighted by molar-refractivity contribution is -0.124. The van der Waals surface area contributed by atoms with Crippen LogP contribution in [0.25, 0.3) is 10.8 Å². The Morgan fingerprint density at radius 3 is 2.57 bits per heavy atom. The lowest BCUT2D eigenvalue weighted by Crippen LogP contribution is -2.52. The minimum atomic E-state index is -0.185. The molecule has 0 bridgehead atoms. The zero-order valence-electron chi connectivity index (χ0n) is 16.3. The van der Waals surface area contributed by atoms with E-state index in [1.807, 2.05) is 36.4 Å². The van der Waals surface area contributed by atoms with E-state index in [1.165, 1.54) is 6.42 Å². The van der Waals surface area contributed by atoms with Gasteiger partial charge in [-0.3, -0.25) is 9.69 Å². The lowest BCUT2D eigenvalue weighted by Gasteiger charge is -2.41. The van der Waals surface area contributed by atoms with Crippen LogP contribution in [0.2, 0.25) is 0 Å².